The van der Waals surface area contributed by atoms with E-state index in [1.165, 1.54) is 133 Å². The molecule has 0 bridgehead atoms. The van der Waals surface area contributed by atoms with Crippen LogP contribution >= 0.6 is 27.5 Å². The third kappa shape index (κ3) is 24.6. The number of nitrogens with one attached hydrogen (secondary N) is 1. The molecule has 1 amide bonds. The number of amides is 1. The summed E-state index contributed by atoms with van der Waals surface area (Å²) in [6, 6.07) is 44.6. The van der Waals surface area contributed by atoms with Gasteiger partial charge < -0.3 is 20.7 Å². The lowest BCUT2D eigenvalue weighted by atomic mass is 9.97. The fourth-order valence-electron chi connectivity index (χ4n) is 8.68. The number of hydrogen-bond acceptors (Lipinski definition) is 9. The van der Waals surface area contributed by atoms with Gasteiger partial charge in [0.15, 0.2) is 23.3 Å². The summed E-state index contributed by atoms with van der Waals surface area (Å²) in [5, 5.41) is 30.3. The Morgan fingerprint density at radius 3 is 1.14 bits per heavy atom. The van der Waals surface area contributed by atoms with Crippen molar-refractivity contribution in [2.24, 2.45) is 0 Å². The molecule has 0 unspecified atom stereocenters. The topological polar surface area (TPSA) is 188 Å². The lowest BCUT2D eigenvalue weighted by Gasteiger charge is -2.14. The molecule has 0 saturated carbocycles. The predicted molar refractivity (Wildman–Crippen MR) is 359 cm³/mol. The van der Waals surface area contributed by atoms with Crippen LogP contribution in [0.2, 0.25) is 0 Å². The number of aryl methyl sites for hydroxylation is 4. The summed E-state index contributed by atoms with van der Waals surface area (Å²) in [4.78, 5) is 42.1. The zero-order chi connectivity index (χ0) is 75.5. The number of nitro benzene ring substituents is 2. The summed E-state index contributed by atoms with van der Waals surface area (Å²) in [7, 11) is 0.515. The van der Waals surface area contributed by atoms with E-state index in [0.717, 1.165) is 59.7 Å². The first-order chi connectivity index (χ1) is 47.1. The molecule has 1 radical (unpaired) electrons. The molecule has 0 saturated heterocycles. The second-order valence-corrected chi connectivity index (χ2v) is 22.2. The van der Waals surface area contributed by atoms with E-state index in [2.05, 4.69) is 25.9 Å². The number of hydrogen-bond donors (Lipinski definition) is 3. The fraction of sp³-hybridized carbons (Fsp3) is 0.127. The van der Waals surface area contributed by atoms with Crippen LogP contribution in [0.5, 0.6) is 5.75 Å². The minimum atomic E-state index is -4.51. The van der Waals surface area contributed by atoms with Crippen molar-refractivity contribution in [2.75, 3.05) is 11.1 Å². The Labute approximate surface area is 585 Å². The minimum absolute atomic E-state index is 0. The second kappa shape index (κ2) is 36.7. The number of benzene rings is 10. The van der Waals surface area contributed by atoms with E-state index in [9.17, 15) is 100 Å². The molecule has 0 aromatic heterocycles. The number of nitro groups is 2. The molecular weight excluding hydrogens is 1470 g/mol. The van der Waals surface area contributed by atoms with Gasteiger partial charge in [-0.1, -0.05) is 119 Å². The van der Waals surface area contributed by atoms with Crippen LogP contribution in [0.3, 0.4) is 0 Å². The van der Waals surface area contributed by atoms with Crippen molar-refractivity contribution in [3.63, 3.8) is 0 Å². The molecule has 0 atom stereocenters. The molecule has 0 spiro atoms. The van der Waals surface area contributed by atoms with E-state index in [-0.39, 0.29) is 45.7 Å². The van der Waals surface area contributed by atoms with Gasteiger partial charge in [0.25, 0.3) is 22.5 Å². The SMILES string of the molecule is C.Cc1ccc(C(F)(F)F)c(-c2ccc(N)cc2)c1.Cc1ccc(C(F)(F)F)c(-c2ccc(NC(=O)c3cccc(F)c3F)cc2)c1.Cc1ccc(C(F)(F)F)c(-c2ccc([N+](=O)[O-])cc2)c1.Cc1ccc(C(F)(F)F)c(Br)c1.O=C(Cl)c1cccc(F)c1F.O=[N+]([O-])c1ccc(O[B]O)cc1. The van der Waals surface area contributed by atoms with Crippen LogP contribution in [0, 0.1) is 71.2 Å². The lowest BCUT2D eigenvalue weighted by molar-refractivity contribution is -0.385. The Morgan fingerprint density at radius 1 is 0.480 bits per heavy atom. The Bertz CT molecular complexity index is 4530. The highest BCUT2D eigenvalue weighted by Crippen LogP contribution is 2.41. The van der Waals surface area contributed by atoms with E-state index in [0.29, 0.717) is 46.9 Å². The summed E-state index contributed by atoms with van der Waals surface area (Å²) in [5.41, 5.74) is 6.73. The maximum Gasteiger partial charge on any atom is 0.569 e. The number of anilines is 2. The van der Waals surface area contributed by atoms with Gasteiger partial charge in [-0.3, -0.25) is 29.8 Å². The molecular formula is C71H54BBrClF16N4O8. The van der Waals surface area contributed by atoms with Gasteiger partial charge >= 0.3 is 32.4 Å². The predicted octanol–water partition coefficient (Wildman–Crippen LogP) is 22.3. The Hall–Kier alpha value is -10.6. The van der Waals surface area contributed by atoms with E-state index in [4.69, 9.17) is 22.4 Å². The van der Waals surface area contributed by atoms with Crippen molar-refractivity contribution in [2.45, 2.75) is 59.8 Å². The van der Waals surface area contributed by atoms with Gasteiger partial charge in [0, 0.05) is 40.1 Å². The highest BCUT2D eigenvalue weighted by molar-refractivity contribution is 9.10. The quantitative estimate of drug-likeness (QED) is 0.0299. The fourth-order valence-corrected chi connectivity index (χ4v) is 9.55. The molecule has 10 aromatic rings. The molecule has 0 fully saturated rings. The van der Waals surface area contributed by atoms with Crippen molar-refractivity contribution in [1.82, 2.24) is 0 Å². The molecule has 102 heavy (non-hydrogen) atoms. The van der Waals surface area contributed by atoms with E-state index < -0.39 is 102 Å². The monoisotopic (exact) mass is 1520 g/mol. The molecule has 31 heteroatoms. The summed E-state index contributed by atoms with van der Waals surface area (Å²) >= 11 is 7.80. The van der Waals surface area contributed by atoms with Gasteiger partial charge in [0.1, 0.15) is 5.75 Å². The van der Waals surface area contributed by atoms with Crippen LogP contribution in [-0.4, -0.2) is 33.7 Å². The number of halogens is 18. The van der Waals surface area contributed by atoms with Crippen LogP contribution in [0.4, 0.5) is 93.0 Å². The normalized spacial score (nSPS) is 10.9. The third-order valence-electron chi connectivity index (χ3n) is 13.5. The van der Waals surface area contributed by atoms with Crippen LogP contribution in [0.15, 0.2) is 211 Å². The van der Waals surface area contributed by atoms with Crippen molar-refractivity contribution in [3.05, 3.63) is 310 Å². The average Bonchev–Trinajstić information content (AvgIpc) is 0.812. The largest absolute Gasteiger partial charge is 0.569 e. The average molecular weight is 1520 g/mol. The van der Waals surface area contributed by atoms with Crippen LogP contribution < -0.4 is 15.7 Å². The van der Waals surface area contributed by atoms with Gasteiger partial charge in [-0.2, -0.15) is 52.7 Å². The smallest absolute Gasteiger partial charge is 0.537 e. The van der Waals surface area contributed by atoms with Crippen LogP contribution in [0.1, 0.15) is 72.7 Å². The molecule has 10 rings (SSSR count). The lowest BCUT2D eigenvalue weighted by Crippen LogP contribution is -2.14. The molecule has 0 aliphatic rings. The van der Waals surface area contributed by atoms with Crippen molar-refractivity contribution >= 4 is 69.1 Å². The molecule has 12 nitrogen and oxygen atoms in total. The van der Waals surface area contributed by atoms with Gasteiger partial charge in [-0.05, 0) is 181 Å². The van der Waals surface area contributed by atoms with Gasteiger partial charge in [-0.15, -0.1) is 0 Å². The number of nitrogens with two attached hydrogens (primary N) is 1. The summed E-state index contributed by atoms with van der Waals surface area (Å²) < 4.78 is 210. The first-order valence-corrected chi connectivity index (χ1v) is 29.6. The third-order valence-corrected chi connectivity index (χ3v) is 14.4. The van der Waals surface area contributed by atoms with Crippen molar-refractivity contribution in [3.8, 4) is 39.1 Å². The zero-order valence-corrected chi connectivity index (χ0v) is 54.6. The number of nitrogens with zero attached hydrogens (tertiary/aromatic N) is 2. The zero-order valence-electron chi connectivity index (χ0n) is 52.3. The number of carbonyl (C=O) groups is 2. The molecule has 535 valence electrons. The van der Waals surface area contributed by atoms with Crippen LogP contribution in [0.25, 0.3) is 33.4 Å². The summed E-state index contributed by atoms with van der Waals surface area (Å²) in [6.45, 7) is 6.88. The first kappa shape index (κ1) is 83.8. The van der Waals surface area contributed by atoms with Gasteiger partial charge in [0.2, 0.25) is 0 Å². The van der Waals surface area contributed by atoms with E-state index >= 15 is 0 Å². The molecule has 4 N–H and O–H groups in total. The second-order valence-electron chi connectivity index (χ2n) is 21.0. The standard InChI is InChI=1S/C21H14F5NO.C14H10F3NO2.C14H12F3N.C8H6BrF3.C7H3ClF2O.C6H5BNO4.CH4/c1-12-5-10-17(21(24,25)26)16(11-12)13-6-8-14(9-7-13)27-20(28)15-3-2-4-18(22)19(15)23;1-9-2-7-13(14(15,16)17)12(8-9)10-3-5-11(6-4-10)18(19)20;1-9-2-7-13(14(15,16)17)12(8-9)10-3-5-11(18)6-4-10;1-5-2-3-6(7(9)4-5)8(10,11)12;8-7(11)4-2-1-3-5(9)6(4)10;9-7-12-6-3-1-5(2-4-6)8(10)11;/h2-11H,1H3,(H,27,28);2-8H,1H3;2-8H,18H2,1H3;2-4H,1H3;1-3H;1-4,9H;1H4. The number of rotatable bonds is 10. The van der Waals surface area contributed by atoms with Crippen molar-refractivity contribution < 1.29 is 99.4 Å². The first-order valence-electron chi connectivity index (χ1n) is 28.4. The maximum absolute atomic E-state index is 13.7. The minimum Gasteiger partial charge on any atom is -0.537 e. The van der Waals surface area contributed by atoms with Crippen LogP contribution in [-0.2, 0) is 24.7 Å². The van der Waals surface area contributed by atoms with Gasteiger partial charge in [0.05, 0.1) is 43.2 Å². The van der Waals surface area contributed by atoms with E-state index in [1.54, 1.807) is 52.0 Å². The Morgan fingerprint density at radius 2 is 0.804 bits per heavy atom. The number of non-ortho nitro benzene ring substituents is 2. The highest BCUT2D eigenvalue weighted by atomic mass is 79.9. The summed E-state index contributed by atoms with van der Waals surface area (Å²) in [6.07, 6.45) is -17.6. The maximum atomic E-state index is 13.7. The number of nitrogen functional groups attached to an aromatic ring is 1. The Balaban J connectivity index is 0.000000268. The molecule has 0 heterocycles. The molecule has 0 aliphatic heterocycles. The number of carbonyl (C=O) groups excluding carboxylic acids is 2. The highest BCUT2D eigenvalue weighted by Gasteiger charge is 2.36. The molecule has 0 aliphatic carbocycles. The Kier molecular flexibility index (Phi) is 30.1. The van der Waals surface area contributed by atoms with E-state index in [1.807, 2.05) is 0 Å². The van der Waals surface area contributed by atoms with Gasteiger partial charge in [-0.25, -0.2) is 17.6 Å². The number of alkyl halides is 12. The summed E-state index contributed by atoms with van der Waals surface area (Å²) in [5.74, 6) is -5.21. The van der Waals surface area contributed by atoms with Crippen molar-refractivity contribution in [1.29, 1.82) is 0 Å². The molecule has 10 aromatic carbocycles.